The molecule has 6 nitrogen and oxygen atoms in total. The van der Waals surface area contributed by atoms with Crippen LogP contribution in [-0.4, -0.2) is 65.9 Å². The molecule has 0 saturated carbocycles. The summed E-state index contributed by atoms with van der Waals surface area (Å²) in [5, 5.41) is 5.06. The minimum atomic E-state index is -0.265. The molecule has 1 atom stereocenters. The number of urea groups is 1. The predicted molar refractivity (Wildman–Crippen MR) is 145 cm³/mol. The van der Waals surface area contributed by atoms with Crippen LogP contribution >= 0.6 is 11.3 Å². The number of nitrogens with zero attached hydrogens (tertiary/aromatic N) is 3. The third-order valence-electron chi connectivity index (χ3n) is 7.32. The Morgan fingerprint density at radius 2 is 1.78 bits per heavy atom. The molecule has 194 valence electrons. The normalized spacial score (nSPS) is 18.3. The molecular formula is C29H33FN4O2S. The summed E-state index contributed by atoms with van der Waals surface area (Å²) in [6.45, 7) is 5.35. The monoisotopic (exact) mass is 520 g/mol. The van der Waals surface area contributed by atoms with Crippen LogP contribution in [0, 0.1) is 5.82 Å². The number of thiophene rings is 1. The van der Waals surface area contributed by atoms with E-state index in [2.05, 4.69) is 28.6 Å². The molecule has 0 bridgehead atoms. The van der Waals surface area contributed by atoms with Crippen molar-refractivity contribution >= 4 is 29.0 Å². The Kier molecular flexibility index (Phi) is 7.86. The molecule has 3 aromatic rings. The number of carbonyl (C=O) groups is 2. The Balaban J connectivity index is 1.22. The van der Waals surface area contributed by atoms with Gasteiger partial charge < -0.3 is 15.1 Å². The molecule has 37 heavy (non-hydrogen) atoms. The van der Waals surface area contributed by atoms with E-state index >= 15 is 0 Å². The molecule has 0 radical (unpaired) electrons. The average molecular weight is 521 g/mol. The average Bonchev–Trinajstić information content (AvgIpc) is 3.24. The first-order chi connectivity index (χ1) is 18.0. The molecule has 1 saturated heterocycles. The van der Waals surface area contributed by atoms with E-state index in [1.807, 2.05) is 35.2 Å². The lowest BCUT2D eigenvalue weighted by Gasteiger charge is -2.37. The van der Waals surface area contributed by atoms with Crippen LogP contribution in [0.2, 0.25) is 0 Å². The summed E-state index contributed by atoms with van der Waals surface area (Å²) in [7, 11) is 0. The summed E-state index contributed by atoms with van der Waals surface area (Å²) < 4.78 is 14.1. The van der Waals surface area contributed by atoms with Crippen molar-refractivity contribution < 1.29 is 14.0 Å². The number of nitrogens with one attached hydrogen (secondary N) is 1. The maximum absolute atomic E-state index is 14.1. The second kappa shape index (κ2) is 11.4. The number of hydrogen-bond donors (Lipinski definition) is 1. The van der Waals surface area contributed by atoms with E-state index < -0.39 is 0 Å². The molecule has 2 aliphatic rings. The molecular weight excluding hydrogens is 487 g/mol. The fourth-order valence-corrected chi connectivity index (χ4v) is 6.18. The van der Waals surface area contributed by atoms with Crippen molar-refractivity contribution in [2.75, 3.05) is 44.6 Å². The SMILES string of the molecule is CCc1ccc(NC(=O)N2CCCN(C(=O)CN3CCc4sccc4[C@H]3c3cccc(F)c3)CC2)cc1. The fourth-order valence-electron chi connectivity index (χ4n) is 5.28. The van der Waals surface area contributed by atoms with Crippen LogP contribution < -0.4 is 5.32 Å². The van der Waals surface area contributed by atoms with Gasteiger partial charge in [-0.15, -0.1) is 11.3 Å². The summed E-state index contributed by atoms with van der Waals surface area (Å²) in [6, 6.07) is 16.4. The highest BCUT2D eigenvalue weighted by atomic mass is 32.1. The largest absolute Gasteiger partial charge is 0.340 e. The molecule has 8 heteroatoms. The van der Waals surface area contributed by atoms with E-state index in [4.69, 9.17) is 0 Å². The number of fused-ring (bicyclic) bond motifs is 1. The number of hydrogen-bond acceptors (Lipinski definition) is 4. The van der Waals surface area contributed by atoms with Gasteiger partial charge in [0.15, 0.2) is 0 Å². The van der Waals surface area contributed by atoms with Gasteiger partial charge in [-0.2, -0.15) is 0 Å². The zero-order chi connectivity index (χ0) is 25.8. The summed E-state index contributed by atoms with van der Waals surface area (Å²) in [5.74, 6) is -0.212. The van der Waals surface area contributed by atoms with Gasteiger partial charge in [-0.25, -0.2) is 9.18 Å². The lowest BCUT2D eigenvalue weighted by Crippen LogP contribution is -2.45. The quantitative estimate of drug-likeness (QED) is 0.506. The second-order valence-electron chi connectivity index (χ2n) is 9.68. The van der Waals surface area contributed by atoms with E-state index in [0.29, 0.717) is 26.2 Å². The van der Waals surface area contributed by atoms with E-state index in [0.717, 1.165) is 37.1 Å². The molecule has 3 amide bonds. The number of benzene rings is 2. The maximum atomic E-state index is 14.1. The van der Waals surface area contributed by atoms with Gasteiger partial charge in [0, 0.05) is 43.3 Å². The zero-order valence-electron chi connectivity index (χ0n) is 21.2. The van der Waals surface area contributed by atoms with Crippen LogP contribution in [0.4, 0.5) is 14.9 Å². The van der Waals surface area contributed by atoms with Gasteiger partial charge in [-0.1, -0.05) is 31.2 Å². The maximum Gasteiger partial charge on any atom is 0.321 e. The molecule has 0 aliphatic carbocycles. The number of halogens is 1. The van der Waals surface area contributed by atoms with E-state index in [9.17, 15) is 14.0 Å². The minimum absolute atomic E-state index is 0.0532. The molecule has 1 fully saturated rings. The predicted octanol–water partition coefficient (Wildman–Crippen LogP) is 5.16. The van der Waals surface area contributed by atoms with Gasteiger partial charge in [-0.05, 0) is 71.7 Å². The van der Waals surface area contributed by atoms with Crippen LogP contribution in [0.5, 0.6) is 0 Å². The van der Waals surface area contributed by atoms with Crippen LogP contribution in [0.25, 0.3) is 0 Å². The van der Waals surface area contributed by atoms with Crippen molar-refractivity contribution in [1.82, 2.24) is 14.7 Å². The molecule has 0 spiro atoms. The number of aryl methyl sites for hydroxylation is 1. The van der Waals surface area contributed by atoms with Gasteiger partial charge in [0.2, 0.25) is 5.91 Å². The van der Waals surface area contributed by atoms with Crippen molar-refractivity contribution in [3.05, 3.63) is 87.4 Å². The first kappa shape index (κ1) is 25.4. The highest BCUT2D eigenvalue weighted by molar-refractivity contribution is 7.10. The standard InChI is InChI=1S/C29H33FN4O2S/c1-2-21-7-9-24(10-8-21)31-29(36)33-14-4-13-32(16-17-33)27(35)20-34-15-11-26-25(12-18-37-26)28(34)22-5-3-6-23(30)19-22/h3,5-10,12,18-19,28H,2,4,11,13-17,20H2,1H3,(H,31,36)/t28-/m1/s1. The van der Waals surface area contributed by atoms with Crippen molar-refractivity contribution in [2.45, 2.75) is 32.2 Å². The number of amides is 3. The molecule has 3 heterocycles. The molecule has 2 aliphatic heterocycles. The Bertz CT molecular complexity index is 1240. The van der Waals surface area contributed by atoms with Crippen molar-refractivity contribution in [3.8, 4) is 0 Å². The van der Waals surface area contributed by atoms with Crippen LogP contribution in [0.3, 0.4) is 0 Å². The molecule has 0 unspecified atom stereocenters. The van der Waals surface area contributed by atoms with E-state index in [1.54, 1.807) is 28.4 Å². The molecule has 1 N–H and O–H groups in total. The highest BCUT2D eigenvalue weighted by Crippen LogP contribution is 2.37. The van der Waals surface area contributed by atoms with Gasteiger partial charge in [0.1, 0.15) is 5.82 Å². The summed E-state index contributed by atoms with van der Waals surface area (Å²) in [6.07, 6.45) is 2.58. The van der Waals surface area contributed by atoms with E-state index in [1.165, 1.54) is 22.1 Å². The topological polar surface area (TPSA) is 55.9 Å². The van der Waals surface area contributed by atoms with Gasteiger partial charge >= 0.3 is 6.03 Å². The smallest absolute Gasteiger partial charge is 0.321 e. The van der Waals surface area contributed by atoms with Crippen molar-refractivity contribution in [3.63, 3.8) is 0 Å². The second-order valence-corrected chi connectivity index (χ2v) is 10.7. The number of anilines is 1. The van der Waals surface area contributed by atoms with Gasteiger partial charge in [0.05, 0.1) is 12.6 Å². The first-order valence-corrected chi connectivity index (χ1v) is 13.9. The fraction of sp³-hybridized carbons (Fsp3) is 0.379. The number of carbonyl (C=O) groups excluding carboxylic acids is 2. The van der Waals surface area contributed by atoms with Crippen molar-refractivity contribution in [2.24, 2.45) is 0 Å². The van der Waals surface area contributed by atoms with Crippen LogP contribution in [-0.2, 0) is 17.6 Å². The van der Waals surface area contributed by atoms with Crippen molar-refractivity contribution in [1.29, 1.82) is 0 Å². The van der Waals surface area contributed by atoms with Gasteiger partial charge in [-0.3, -0.25) is 9.69 Å². The highest BCUT2D eigenvalue weighted by Gasteiger charge is 2.32. The van der Waals surface area contributed by atoms with Crippen LogP contribution in [0.1, 0.15) is 41.0 Å². The molecule has 1 aromatic heterocycles. The third-order valence-corrected chi connectivity index (χ3v) is 8.31. The van der Waals surface area contributed by atoms with Crippen LogP contribution in [0.15, 0.2) is 60.0 Å². The molecule has 2 aromatic carbocycles. The third kappa shape index (κ3) is 5.86. The van der Waals surface area contributed by atoms with E-state index in [-0.39, 0.29) is 30.3 Å². The zero-order valence-corrected chi connectivity index (χ0v) is 22.0. The number of rotatable bonds is 5. The summed E-state index contributed by atoms with van der Waals surface area (Å²) in [4.78, 5) is 33.4. The Morgan fingerprint density at radius 1 is 1.00 bits per heavy atom. The summed E-state index contributed by atoms with van der Waals surface area (Å²) in [5.41, 5.74) is 4.05. The Hall–Kier alpha value is -3.23. The minimum Gasteiger partial charge on any atom is -0.340 e. The summed E-state index contributed by atoms with van der Waals surface area (Å²) >= 11 is 1.73. The Morgan fingerprint density at radius 3 is 2.57 bits per heavy atom. The van der Waals surface area contributed by atoms with Gasteiger partial charge in [0.25, 0.3) is 0 Å². The Labute approximate surface area is 221 Å². The molecule has 5 rings (SSSR count). The lowest BCUT2D eigenvalue weighted by atomic mass is 9.93. The lowest BCUT2D eigenvalue weighted by molar-refractivity contribution is -0.132. The first-order valence-electron chi connectivity index (χ1n) is 13.0.